The molecule has 18 heavy (non-hydrogen) atoms. The molecule has 3 rings (SSSR count). The fourth-order valence-corrected chi connectivity index (χ4v) is 2.70. The van der Waals surface area contributed by atoms with Crippen molar-refractivity contribution in [3.05, 3.63) is 12.7 Å². The zero-order chi connectivity index (χ0) is 12.5. The van der Waals surface area contributed by atoms with Crippen LogP contribution in [0.2, 0.25) is 0 Å². The predicted molar refractivity (Wildman–Crippen MR) is 63.5 cm³/mol. The van der Waals surface area contributed by atoms with Crippen LogP contribution in [0.5, 0.6) is 0 Å². The van der Waals surface area contributed by atoms with Crippen LogP contribution in [0, 0.1) is 0 Å². The van der Waals surface area contributed by atoms with Crippen molar-refractivity contribution < 1.29 is 13.9 Å². The van der Waals surface area contributed by atoms with Gasteiger partial charge in [0.05, 0.1) is 19.5 Å². The highest BCUT2D eigenvalue weighted by Gasteiger charge is 2.24. The quantitative estimate of drug-likeness (QED) is 0.734. The second kappa shape index (κ2) is 4.74. The molecule has 1 saturated heterocycles. The lowest BCUT2D eigenvalue weighted by atomic mass is 10.2. The van der Waals surface area contributed by atoms with Gasteiger partial charge in [0.15, 0.2) is 11.5 Å². The minimum atomic E-state index is -2.35. The first-order chi connectivity index (χ1) is 8.74. The molecule has 2 N–H and O–H groups in total. The van der Waals surface area contributed by atoms with Crippen molar-refractivity contribution in [2.24, 2.45) is 0 Å². The number of nitrogens with zero attached hydrogens (tertiary/aromatic N) is 4. The molecule has 2 aromatic heterocycles. The van der Waals surface area contributed by atoms with Crippen molar-refractivity contribution in [2.45, 2.75) is 19.1 Å². The summed E-state index contributed by atoms with van der Waals surface area (Å²) in [5.74, 6) is 0.347. The van der Waals surface area contributed by atoms with E-state index in [2.05, 4.69) is 15.0 Å². The Morgan fingerprint density at radius 1 is 1.50 bits per heavy atom. The molecule has 96 valence electrons. The lowest BCUT2D eigenvalue weighted by Crippen LogP contribution is -2.26. The monoisotopic (exact) mass is 269 g/mol. The van der Waals surface area contributed by atoms with E-state index >= 15 is 0 Å². The van der Waals surface area contributed by atoms with Gasteiger partial charge in [0.1, 0.15) is 17.9 Å². The Kier molecular flexibility index (Phi) is 3.09. The Labute approximate surface area is 104 Å². The molecule has 1 aliphatic heterocycles. The van der Waals surface area contributed by atoms with Crippen LogP contribution in [0.1, 0.15) is 6.42 Å². The van der Waals surface area contributed by atoms with E-state index in [-0.39, 0.29) is 6.10 Å². The SMILES string of the molecule is Nc1ncnc2c1ncn2C[C@@H]1CCO[PH+]([O-])O1. The number of hydrogen-bond acceptors (Lipinski definition) is 7. The Bertz CT molecular complexity index is 562. The van der Waals surface area contributed by atoms with Gasteiger partial charge in [-0.25, -0.2) is 24.0 Å². The molecule has 1 unspecified atom stereocenters. The summed E-state index contributed by atoms with van der Waals surface area (Å²) in [6.45, 7) is 0.971. The van der Waals surface area contributed by atoms with E-state index in [1.807, 2.05) is 4.57 Å². The Morgan fingerprint density at radius 3 is 3.22 bits per heavy atom. The van der Waals surface area contributed by atoms with Crippen molar-refractivity contribution in [3.8, 4) is 0 Å². The normalized spacial score (nSPS) is 24.5. The van der Waals surface area contributed by atoms with Gasteiger partial charge >= 0.3 is 0 Å². The molecule has 0 aliphatic carbocycles. The van der Waals surface area contributed by atoms with Crippen molar-refractivity contribution in [3.63, 3.8) is 0 Å². The second-order valence-electron chi connectivity index (χ2n) is 3.96. The minimum absolute atomic E-state index is 0.154. The molecule has 0 aromatic carbocycles. The molecular weight excluding hydrogens is 257 g/mol. The number of imidazole rings is 1. The Hall–Kier alpha value is -1.34. The highest BCUT2D eigenvalue weighted by atomic mass is 31.2. The van der Waals surface area contributed by atoms with Crippen LogP contribution in [0.4, 0.5) is 5.82 Å². The van der Waals surface area contributed by atoms with Crippen LogP contribution in [-0.4, -0.2) is 32.2 Å². The molecule has 9 heteroatoms. The van der Waals surface area contributed by atoms with Gasteiger partial charge in [-0.05, 0) is 0 Å². The summed E-state index contributed by atoms with van der Waals surface area (Å²) in [5, 5.41) is 0. The summed E-state index contributed by atoms with van der Waals surface area (Å²) in [7, 11) is -2.35. The summed E-state index contributed by atoms with van der Waals surface area (Å²) < 4.78 is 11.9. The average molecular weight is 269 g/mol. The molecular formula is C9H12N5O3P. The summed E-state index contributed by atoms with van der Waals surface area (Å²) in [6, 6.07) is 0. The topological polar surface area (TPSA) is 111 Å². The molecule has 1 aliphatic rings. The van der Waals surface area contributed by atoms with Crippen LogP contribution in [0.3, 0.4) is 0 Å². The molecule has 0 bridgehead atoms. The van der Waals surface area contributed by atoms with Gasteiger partial charge in [0, 0.05) is 6.42 Å². The minimum Gasteiger partial charge on any atom is -0.633 e. The van der Waals surface area contributed by atoms with Gasteiger partial charge in [-0.15, -0.1) is 0 Å². The predicted octanol–water partition coefficient (Wildman–Crippen LogP) is -0.467. The molecule has 1 fully saturated rings. The van der Waals surface area contributed by atoms with Crippen LogP contribution < -0.4 is 10.6 Å². The summed E-state index contributed by atoms with van der Waals surface area (Å²) >= 11 is 0. The molecule has 0 saturated carbocycles. The van der Waals surface area contributed by atoms with Crippen molar-refractivity contribution >= 4 is 25.6 Å². The zero-order valence-electron chi connectivity index (χ0n) is 9.44. The van der Waals surface area contributed by atoms with Gasteiger partial charge in [-0.1, -0.05) is 0 Å². The molecule has 0 radical (unpaired) electrons. The van der Waals surface area contributed by atoms with Crippen molar-refractivity contribution in [2.75, 3.05) is 12.3 Å². The largest absolute Gasteiger partial charge is 0.633 e. The average Bonchev–Trinajstić information content (AvgIpc) is 2.74. The number of nitrogen functional groups attached to an aromatic ring is 1. The number of anilines is 1. The maximum atomic E-state index is 11.2. The number of hydrogen-bond donors (Lipinski definition) is 1. The fourth-order valence-electron chi connectivity index (χ4n) is 1.88. The first kappa shape index (κ1) is 11.7. The van der Waals surface area contributed by atoms with E-state index in [0.717, 1.165) is 0 Å². The lowest BCUT2D eigenvalue weighted by Gasteiger charge is -2.24. The fraction of sp³-hybridized carbons (Fsp3) is 0.444. The maximum Gasteiger partial charge on any atom is 0.225 e. The van der Waals surface area contributed by atoms with E-state index in [9.17, 15) is 4.89 Å². The number of fused-ring (bicyclic) bond motifs is 1. The second-order valence-corrected chi connectivity index (χ2v) is 4.98. The zero-order valence-corrected chi connectivity index (χ0v) is 10.4. The molecule has 3 heterocycles. The van der Waals surface area contributed by atoms with Crippen LogP contribution in [-0.2, 0) is 15.6 Å². The smallest absolute Gasteiger partial charge is 0.225 e. The van der Waals surface area contributed by atoms with E-state index in [1.54, 1.807) is 6.33 Å². The first-order valence-corrected chi connectivity index (χ1v) is 6.71. The highest BCUT2D eigenvalue weighted by molar-refractivity contribution is 7.39. The third-order valence-electron chi connectivity index (χ3n) is 2.75. The van der Waals surface area contributed by atoms with Crippen LogP contribution in [0.15, 0.2) is 12.7 Å². The number of nitrogens with two attached hydrogens (primary N) is 1. The van der Waals surface area contributed by atoms with Crippen LogP contribution >= 0.6 is 8.60 Å². The summed E-state index contributed by atoms with van der Waals surface area (Å²) in [5.41, 5.74) is 6.92. The molecule has 0 spiro atoms. The number of aromatic nitrogens is 4. The van der Waals surface area contributed by atoms with Gasteiger partial charge < -0.3 is 15.2 Å². The molecule has 8 nitrogen and oxygen atoms in total. The van der Waals surface area contributed by atoms with Gasteiger partial charge in [-0.3, -0.25) is 0 Å². The van der Waals surface area contributed by atoms with Crippen LogP contribution in [0.25, 0.3) is 11.2 Å². The van der Waals surface area contributed by atoms with Crippen molar-refractivity contribution in [1.82, 2.24) is 19.5 Å². The lowest BCUT2D eigenvalue weighted by molar-refractivity contribution is -0.216. The standard InChI is InChI=1S/C9H12N5O3P/c10-8-7-9(12-4-11-8)14(5-13-7)3-6-1-2-16-18(15)17-6/h4-6,18H,1-3H2,(H2,10,11,12)/t6-/m0/s1. The third-order valence-corrected chi connectivity index (χ3v) is 3.72. The Morgan fingerprint density at radius 2 is 2.39 bits per heavy atom. The third kappa shape index (κ3) is 2.15. The summed E-state index contributed by atoms with van der Waals surface area (Å²) in [4.78, 5) is 23.4. The Balaban J connectivity index is 1.84. The van der Waals surface area contributed by atoms with Gasteiger partial charge in [0.2, 0.25) is 8.60 Å². The van der Waals surface area contributed by atoms with Gasteiger partial charge in [-0.2, -0.15) is 0 Å². The van der Waals surface area contributed by atoms with E-state index in [0.29, 0.717) is 36.6 Å². The van der Waals surface area contributed by atoms with E-state index in [1.165, 1.54) is 6.33 Å². The van der Waals surface area contributed by atoms with Crippen molar-refractivity contribution in [1.29, 1.82) is 0 Å². The molecule has 0 amide bonds. The molecule has 2 aromatic rings. The molecule has 2 atom stereocenters. The number of rotatable bonds is 2. The highest BCUT2D eigenvalue weighted by Crippen LogP contribution is 2.35. The van der Waals surface area contributed by atoms with Gasteiger partial charge in [0.25, 0.3) is 0 Å². The first-order valence-electron chi connectivity index (χ1n) is 5.49. The summed E-state index contributed by atoms with van der Waals surface area (Å²) in [6.07, 6.45) is 3.56. The maximum absolute atomic E-state index is 11.2. The van der Waals surface area contributed by atoms with E-state index in [4.69, 9.17) is 14.8 Å². The van der Waals surface area contributed by atoms with E-state index < -0.39 is 8.60 Å².